The van der Waals surface area contributed by atoms with Crippen molar-refractivity contribution >= 4 is 11.6 Å². The Morgan fingerprint density at radius 2 is 2.10 bits per heavy atom. The summed E-state index contributed by atoms with van der Waals surface area (Å²) >= 11 is 0. The van der Waals surface area contributed by atoms with Gasteiger partial charge in [-0.3, -0.25) is 4.79 Å². The first-order chi connectivity index (χ1) is 10.1. The topological polar surface area (TPSA) is 77.5 Å². The highest BCUT2D eigenvalue weighted by Gasteiger charge is 2.24. The zero-order valence-corrected chi connectivity index (χ0v) is 12.2. The predicted octanol–water partition coefficient (Wildman–Crippen LogP) is 3.10. The smallest absolute Gasteiger partial charge is 0.221 e. The fraction of sp³-hybridized carbons (Fsp3) is 0.312. The van der Waals surface area contributed by atoms with Gasteiger partial charge in [-0.05, 0) is 30.7 Å². The molecule has 2 aromatic rings. The van der Waals surface area contributed by atoms with E-state index in [1.807, 2.05) is 25.1 Å². The molecule has 5 heteroatoms. The largest absolute Gasteiger partial charge is 0.479 e. The van der Waals surface area contributed by atoms with Gasteiger partial charge in [-0.25, -0.2) is 0 Å². The normalized spacial score (nSPS) is 13.5. The molecule has 2 unspecified atom stereocenters. The minimum atomic E-state index is -0.403. The molecule has 1 heterocycles. The lowest BCUT2D eigenvalue weighted by Crippen LogP contribution is -2.31. The first-order valence-electron chi connectivity index (χ1n) is 6.94. The molecule has 0 fully saturated rings. The van der Waals surface area contributed by atoms with Crippen molar-refractivity contribution in [2.45, 2.75) is 32.4 Å². The fourth-order valence-corrected chi connectivity index (χ4v) is 2.02. The van der Waals surface area contributed by atoms with Crippen molar-refractivity contribution in [3.05, 3.63) is 48.4 Å². The molecule has 1 amide bonds. The number of nitrogens with one attached hydrogen (secondary N) is 1. The summed E-state index contributed by atoms with van der Waals surface area (Å²) in [6.45, 7) is 3.45. The average Bonchev–Trinajstić information content (AvgIpc) is 2.99. The number of furan rings is 1. The number of hydrogen-bond donors (Lipinski definition) is 2. The van der Waals surface area contributed by atoms with Crippen LogP contribution in [0, 0.1) is 0 Å². The van der Waals surface area contributed by atoms with Crippen LogP contribution in [0.15, 0.2) is 47.1 Å². The summed E-state index contributed by atoms with van der Waals surface area (Å²) in [7, 11) is 0. The molecule has 0 spiro atoms. The third-order valence-electron chi connectivity index (χ3n) is 3.14. The molecule has 0 saturated carbocycles. The maximum atomic E-state index is 11.3. The molecule has 0 saturated heterocycles. The van der Waals surface area contributed by atoms with Crippen LogP contribution in [0.2, 0.25) is 0 Å². The Balaban J connectivity index is 2.27. The van der Waals surface area contributed by atoms with Crippen molar-refractivity contribution < 1.29 is 13.9 Å². The van der Waals surface area contributed by atoms with Gasteiger partial charge in [0.25, 0.3) is 0 Å². The van der Waals surface area contributed by atoms with E-state index in [1.165, 1.54) is 6.92 Å². The van der Waals surface area contributed by atoms with Crippen molar-refractivity contribution in [1.29, 1.82) is 0 Å². The highest BCUT2D eigenvalue weighted by atomic mass is 16.5. The Labute approximate surface area is 124 Å². The van der Waals surface area contributed by atoms with Gasteiger partial charge in [0.2, 0.25) is 5.91 Å². The number of amides is 1. The maximum Gasteiger partial charge on any atom is 0.221 e. The molecule has 1 aromatic carbocycles. The van der Waals surface area contributed by atoms with Gasteiger partial charge in [-0.1, -0.05) is 19.1 Å². The van der Waals surface area contributed by atoms with E-state index in [4.69, 9.17) is 14.9 Å². The molecule has 2 atom stereocenters. The SMILES string of the molecule is CCC(N)C(Oc1ccccc1NC(C)=O)c1ccco1. The van der Waals surface area contributed by atoms with Gasteiger partial charge in [0.05, 0.1) is 12.0 Å². The summed E-state index contributed by atoms with van der Waals surface area (Å²) in [5.74, 6) is 1.08. The molecule has 112 valence electrons. The third-order valence-corrected chi connectivity index (χ3v) is 3.14. The van der Waals surface area contributed by atoms with Crippen LogP contribution in [0.5, 0.6) is 5.75 Å². The van der Waals surface area contributed by atoms with Crippen LogP contribution in [0.1, 0.15) is 32.1 Å². The fourth-order valence-electron chi connectivity index (χ4n) is 2.02. The number of para-hydroxylation sites is 2. The van der Waals surface area contributed by atoms with Crippen LogP contribution in [0.25, 0.3) is 0 Å². The van der Waals surface area contributed by atoms with Crippen LogP contribution in [0.4, 0.5) is 5.69 Å². The average molecular weight is 288 g/mol. The molecule has 0 aliphatic rings. The van der Waals surface area contributed by atoms with Crippen LogP contribution in [-0.2, 0) is 4.79 Å². The van der Waals surface area contributed by atoms with E-state index in [9.17, 15) is 4.79 Å². The van der Waals surface area contributed by atoms with Gasteiger partial charge in [-0.15, -0.1) is 0 Å². The number of nitrogens with two attached hydrogens (primary N) is 1. The van der Waals surface area contributed by atoms with Crippen LogP contribution in [-0.4, -0.2) is 11.9 Å². The monoisotopic (exact) mass is 288 g/mol. The predicted molar refractivity (Wildman–Crippen MR) is 81.1 cm³/mol. The highest BCUT2D eigenvalue weighted by molar-refractivity contribution is 5.90. The summed E-state index contributed by atoms with van der Waals surface area (Å²) in [6, 6.07) is 10.7. The molecule has 2 rings (SSSR count). The Kier molecular flexibility index (Phi) is 5.00. The van der Waals surface area contributed by atoms with Crippen molar-refractivity contribution in [3.63, 3.8) is 0 Å². The van der Waals surface area contributed by atoms with Gasteiger partial charge < -0.3 is 20.2 Å². The molecule has 5 nitrogen and oxygen atoms in total. The molecule has 21 heavy (non-hydrogen) atoms. The van der Waals surface area contributed by atoms with E-state index in [-0.39, 0.29) is 11.9 Å². The molecule has 0 bridgehead atoms. The van der Waals surface area contributed by atoms with Gasteiger partial charge in [0.15, 0.2) is 6.10 Å². The maximum absolute atomic E-state index is 11.3. The number of carbonyl (C=O) groups is 1. The Bertz CT molecular complexity index is 581. The van der Waals surface area contributed by atoms with Crippen molar-refractivity contribution in [1.82, 2.24) is 0 Å². The quantitative estimate of drug-likeness (QED) is 0.856. The second-order valence-electron chi connectivity index (χ2n) is 4.80. The standard InChI is InChI=1S/C16H20N2O3/c1-3-12(17)16(15-9-6-10-20-15)21-14-8-5-4-7-13(14)18-11(2)19/h4-10,12,16H,3,17H2,1-2H3,(H,18,19). The molecular weight excluding hydrogens is 268 g/mol. The molecular formula is C16H20N2O3. The van der Waals surface area contributed by atoms with Crippen molar-refractivity contribution in [2.24, 2.45) is 5.73 Å². The van der Waals surface area contributed by atoms with Gasteiger partial charge in [0.1, 0.15) is 11.5 Å². The number of carbonyl (C=O) groups excluding carboxylic acids is 1. The second kappa shape index (κ2) is 6.95. The lowest BCUT2D eigenvalue weighted by atomic mass is 10.1. The van der Waals surface area contributed by atoms with Crippen LogP contribution < -0.4 is 15.8 Å². The lowest BCUT2D eigenvalue weighted by Gasteiger charge is -2.23. The Hall–Kier alpha value is -2.27. The zero-order chi connectivity index (χ0) is 15.2. The van der Waals surface area contributed by atoms with Crippen LogP contribution in [0.3, 0.4) is 0 Å². The number of benzene rings is 1. The van der Waals surface area contributed by atoms with Crippen LogP contribution >= 0.6 is 0 Å². The number of hydrogen-bond acceptors (Lipinski definition) is 4. The Morgan fingerprint density at radius 3 is 2.71 bits per heavy atom. The minimum absolute atomic E-state index is 0.152. The lowest BCUT2D eigenvalue weighted by molar-refractivity contribution is -0.114. The van der Waals surface area contributed by atoms with E-state index in [0.717, 1.165) is 6.42 Å². The molecule has 1 aromatic heterocycles. The summed E-state index contributed by atoms with van der Waals surface area (Å²) < 4.78 is 11.4. The first kappa shape index (κ1) is 15.1. The second-order valence-corrected chi connectivity index (χ2v) is 4.80. The number of ether oxygens (including phenoxy) is 1. The first-order valence-corrected chi connectivity index (χ1v) is 6.94. The highest BCUT2D eigenvalue weighted by Crippen LogP contribution is 2.31. The van der Waals surface area contributed by atoms with Crippen molar-refractivity contribution in [3.8, 4) is 5.75 Å². The van der Waals surface area contributed by atoms with Gasteiger partial charge in [0, 0.05) is 13.0 Å². The van der Waals surface area contributed by atoms with E-state index in [2.05, 4.69) is 5.32 Å². The van der Waals surface area contributed by atoms with E-state index >= 15 is 0 Å². The zero-order valence-electron chi connectivity index (χ0n) is 12.2. The summed E-state index contributed by atoms with van der Waals surface area (Å²) in [6.07, 6.45) is 1.93. The molecule has 0 aliphatic heterocycles. The Morgan fingerprint density at radius 1 is 1.33 bits per heavy atom. The number of anilines is 1. The molecule has 0 radical (unpaired) electrons. The van der Waals surface area contributed by atoms with E-state index in [1.54, 1.807) is 24.5 Å². The minimum Gasteiger partial charge on any atom is -0.479 e. The van der Waals surface area contributed by atoms with Gasteiger partial charge >= 0.3 is 0 Å². The third kappa shape index (κ3) is 3.86. The summed E-state index contributed by atoms with van der Waals surface area (Å²) in [5, 5.41) is 2.75. The number of rotatable bonds is 6. The van der Waals surface area contributed by atoms with Gasteiger partial charge in [-0.2, -0.15) is 0 Å². The van der Waals surface area contributed by atoms with E-state index in [0.29, 0.717) is 17.2 Å². The van der Waals surface area contributed by atoms with E-state index < -0.39 is 6.10 Å². The molecule has 3 N–H and O–H groups in total. The summed E-state index contributed by atoms with van der Waals surface area (Å²) in [5.41, 5.74) is 6.75. The van der Waals surface area contributed by atoms with Crippen molar-refractivity contribution in [2.75, 3.05) is 5.32 Å². The molecule has 0 aliphatic carbocycles. The summed E-state index contributed by atoms with van der Waals surface area (Å²) in [4.78, 5) is 11.3.